The third kappa shape index (κ3) is 4.56. The van der Waals surface area contributed by atoms with Crippen molar-refractivity contribution in [2.24, 2.45) is 5.41 Å². The Morgan fingerprint density at radius 2 is 1.58 bits per heavy atom. The van der Waals surface area contributed by atoms with Gasteiger partial charge in [-0.05, 0) is 45.2 Å². The van der Waals surface area contributed by atoms with Crippen molar-refractivity contribution in [3.05, 3.63) is 0 Å². The number of piperidine rings is 2. The average Bonchev–Trinajstić information content (AvgIpc) is 2.69. The molecular formula is C19H34N4O3. The van der Waals surface area contributed by atoms with Crippen molar-refractivity contribution in [1.82, 2.24) is 20.0 Å². The standard InChI is InChI=1S/C19H34N4O3/c1-26-16-19(5-7-20-8-6-19)18(25)23-13-11-21(12-14-23)15-17(24)22-9-3-2-4-10-22/h20H,2-16H2,1H3. The van der Waals surface area contributed by atoms with Crippen molar-refractivity contribution in [1.29, 1.82) is 0 Å². The number of nitrogens with zero attached hydrogens (tertiary/aromatic N) is 3. The number of likely N-dealkylation sites (tertiary alicyclic amines) is 1. The molecule has 0 atom stereocenters. The van der Waals surface area contributed by atoms with E-state index in [-0.39, 0.29) is 17.2 Å². The maximum atomic E-state index is 13.2. The molecule has 3 fully saturated rings. The average molecular weight is 367 g/mol. The predicted octanol–water partition coefficient (Wildman–Crippen LogP) is 0.159. The van der Waals surface area contributed by atoms with Gasteiger partial charge in [0, 0.05) is 46.4 Å². The molecule has 0 saturated carbocycles. The fraction of sp³-hybridized carbons (Fsp3) is 0.895. The molecule has 0 aromatic carbocycles. The molecule has 148 valence electrons. The largest absolute Gasteiger partial charge is 0.384 e. The number of hydrogen-bond donors (Lipinski definition) is 1. The van der Waals surface area contributed by atoms with Crippen molar-refractivity contribution in [2.75, 3.05) is 72.6 Å². The van der Waals surface area contributed by atoms with E-state index < -0.39 is 0 Å². The zero-order chi connectivity index (χ0) is 18.4. The van der Waals surface area contributed by atoms with Gasteiger partial charge < -0.3 is 19.9 Å². The molecule has 3 aliphatic heterocycles. The zero-order valence-corrected chi connectivity index (χ0v) is 16.2. The summed E-state index contributed by atoms with van der Waals surface area (Å²) in [5.74, 6) is 0.488. The summed E-state index contributed by atoms with van der Waals surface area (Å²) in [7, 11) is 1.68. The number of piperazine rings is 1. The molecule has 0 aromatic rings. The van der Waals surface area contributed by atoms with Crippen molar-refractivity contribution in [3.8, 4) is 0 Å². The molecule has 26 heavy (non-hydrogen) atoms. The lowest BCUT2D eigenvalue weighted by atomic mass is 9.78. The molecule has 3 saturated heterocycles. The molecule has 7 nitrogen and oxygen atoms in total. The fourth-order valence-corrected chi connectivity index (χ4v) is 4.48. The second-order valence-corrected chi connectivity index (χ2v) is 7.97. The lowest BCUT2D eigenvalue weighted by Gasteiger charge is -2.42. The predicted molar refractivity (Wildman–Crippen MR) is 99.9 cm³/mol. The third-order valence-corrected chi connectivity index (χ3v) is 6.16. The number of rotatable bonds is 5. The lowest BCUT2D eigenvalue weighted by molar-refractivity contribution is -0.149. The van der Waals surface area contributed by atoms with Crippen molar-refractivity contribution in [2.45, 2.75) is 32.1 Å². The van der Waals surface area contributed by atoms with Crippen LogP contribution in [0.1, 0.15) is 32.1 Å². The maximum Gasteiger partial charge on any atom is 0.236 e. The minimum absolute atomic E-state index is 0.239. The number of ether oxygens (including phenoxy) is 1. The molecule has 0 bridgehead atoms. The van der Waals surface area contributed by atoms with Crippen LogP contribution in [0.2, 0.25) is 0 Å². The van der Waals surface area contributed by atoms with Crippen molar-refractivity contribution >= 4 is 11.8 Å². The van der Waals surface area contributed by atoms with Crippen LogP contribution in [0.3, 0.4) is 0 Å². The quantitative estimate of drug-likeness (QED) is 0.751. The molecule has 0 radical (unpaired) electrons. The van der Waals surface area contributed by atoms with Gasteiger partial charge in [0.2, 0.25) is 11.8 Å². The van der Waals surface area contributed by atoms with Gasteiger partial charge in [0.15, 0.2) is 0 Å². The first-order valence-electron chi connectivity index (χ1n) is 10.1. The normalized spacial score (nSPS) is 24.5. The monoisotopic (exact) mass is 366 g/mol. The van der Waals surface area contributed by atoms with Crippen LogP contribution in [-0.2, 0) is 14.3 Å². The Hall–Kier alpha value is -1.18. The van der Waals surface area contributed by atoms with Crippen LogP contribution in [0, 0.1) is 5.41 Å². The molecule has 3 heterocycles. The summed E-state index contributed by atoms with van der Waals surface area (Å²) >= 11 is 0. The van der Waals surface area contributed by atoms with E-state index >= 15 is 0 Å². The summed E-state index contributed by atoms with van der Waals surface area (Å²) in [6.07, 6.45) is 5.18. The van der Waals surface area contributed by atoms with Crippen LogP contribution >= 0.6 is 0 Å². The molecule has 0 unspecified atom stereocenters. The summed E-state index contributed by atoms with van der Waals surface area (Å²) in [6.45, 7) is 7.56. The molecule has 1 N–H and O–H groups in total. The highest BCUT2D eigenvalue weighted by atomic mass is 16.5. The van der Waals surface area contributed by atoms with E-state index in [1.807, 2.05) is 9.80 Å². The van der Waals surface area contributed by atoms with Gasteiger partial charge in [0.25, 0.3) is 0 Å². The first-order valence-corrected chi connectivity index (χ1v) is 10.1. The Balaban J connectivity index is 1.49. The van der Waals surface area contributed by atoms with Crippen molar-refractivity contribution in [3.63, 3.8) is 0 Å². The second-order valence-electron chi connectivity index (χ2n) is 7.97. The number of hydrogen-bond acceptors (Lipinski definition) is 5. The molecule has 3 rings (SSSR count). The molecule has 0 aromatic heterocycles. The Morgan fingerprint density at radius 1 is 0.923 bits per heavy atom. The Morgan fingerprint density at radius 3 is 2.19 bits per heavy atom. The summed E-state index contributed by atoms with van der Waals surface area (Å²) in [6, 6.07) is 0. The highest BCUT2D eigenvalue weighted by Gasteiger charge is 2.42. The van der Waals surface area contributed by atoms with Crippen LogP contribution in [0.15, 0.2) is 0 Å². The van der Waals surface area contributed by atoms with E-state index in [1.54, 1.807) is 7.11 Å². The number of carbonyl (C=O) groups is 2. The number of methoxy groups -OCH3 is 1. The van der Waals surface area contributed by atoms with Gasteiger partial charge in [-0.15, -0.1) is 0 Å². The van der Waals surface area contributed by atoms with Gasteiger partial charge in [-0.3, -0.25) is 14.5 Å². The van der Waals surface area contributed by atoms with Crippen LogP contribution in [0.4, 0.5) is 0 Å². The van der Waals surface area contributed by atoms with E-state index in [9.17, 15) is 9.59 Å². The topological polar surface area (TPSA) is 65.1 Å². The summed E-state index contributed by atoms with van der Waals surface area (Å²) < 4.78 is 5.40. The molecule has 0 aliphatic carbocycles. The summed E-state index contributed by atoms with van der Waals surface area (Å²) in [5, 5.41) is 3.34. The van der Waals surface area contributed by atoms with Crippen molar-refractivity contribution < 1.29 is 14.3 Å². The first kappa shape index (κ1) is 19.6. The van der Waals surface area contributed by atoms with E-state index in [1.165, 1.54) is 6.42 Å². The number of nitrogens with one attached hydrogen (secondary N) is 1. The lowest BCUT2D eigenvalue weighted by Crippen LogP contribution is -2.57. The Labute approximate surface area is 157 Å². The first-order chi connectivity index (χ1) is 12.6. The van der Waals surface area contributed by atoms with Crippen LogP contribution in [0.25, 0.3) is 0 Å². The molecule has 0 spiro atoms. The molecule has 2 amide bonds. The SMILES string of the molecule is COCC1(C(=O)N2CCN(CC(=O)N3CCCCC3)CC2)CCNCC1. The van der Waals surface area contributed by atoms with E-state index in [2.05, 4.69) is 10.2 Å². The van der Waals surface area contributed by atoms with Gasteiger partial charge in [0.1, 0.15) is 0 Å². The van der Waals surface area contributed by atoms with Gasteiger partial charge >= 0.3 is 0 Å². The maximum absolute atomic E-state index is 13.2. The summed E-state index contributed by atoms with van der Waals surface area (Å²) in [4.78, 5) is 31.8. The van der Waals surface area contributed by atoms with E-state index in [0.717, 1.165) is 65.0 Å². The van der Waals surface area contributed by atoms with Gasteiger partial charge in [0.05, 0.1) is 18.6 Å². The Kier molecular flexibility index (Phi) is 6.89. The fourth-order valence-electron chi connectivity index (χ4n) is 4.48. The highest BCUT2D eigenvalue weighted by molar-refractivity contribution is 5.83. The minimum atomic E-state index is -0.369. The van der Waals surface area contributed by atoms with Crippen LogP contribution in [0.5, 0.6) is 0 Å². The van der Waals surface area contributed by atoms with E-state index in [4.69, 9.17) is 4.74 Å². The van der Waals surface area contributed by atoms with Gasteiger partial charge in [-0.2, -0.15) is 0 Å². The Bertz CT molecular complexity index is 474. The second kappa shape index (κ2) is 9.15. The van der Waals surface area contributed by atoms with Gasteiger partial charge in [-0.1, -0.05) is 0 Å². The highest BCUT2D eigenvalue weighted by Crippen LogP contribution is 2.32. The molecular weight excluding hydrogens is 332 g/mol. The van der Waals surface area contributed by atoms with Gasteiger partial charge in [-0.25, -0.2) is 0 Å². The summed E-state index contributed by atoms with van der Waals surface area (Å²) in [5.41, 5.74) is -0.369. The van der Waals surface area contributed by atoms with Crippen LogP contribution in [-0.4, -0.2) is 99.1 Å². The smallest absolute Gasteiger partial charge is 0.236 e. The minimum Gasteiger partial charge on any atom is -0.384 e. The number of carbonyl (C=O) groups excluding carboxylic acids is 2. The molecule has 7 heteroatoms. The molecule has 3 aliphatic rings. The van der Waals surface area contributed by atoms with E-state index in [0.29, 0.717) is 26.2 Å². The third-order valence-electron chi connectivity index (χ3n) is 6.16. The number of amides is 2. The zero-order valence-electron chi connectivity index (χ0n) is 16.2. The van der Waals surface area contributed by atoms with Crippen LogP contribution < -0.4 is 5.32 Å².